The summed E-state index contributed by atoms with van der Waals surface area (Å²) in [6.45, 7) is 2.04. The minimum Gasteiger partial charge on any atom is -0.497 e. The van der Waals surface area contributed by atoms with Gasteiger partial charge < -0.3 is 9.72 Å². The number of rotatable bonds is 7. The second kappa shape index (κ2) is 10.8. The minimum absolute atomic E-state index is 0.0862. The Morgan fingerprint density at radius 2 is 1.76 bits per heavy atom. The third kappa shape index (κ3) is 5.65. The Balaban J connectivity index is 1.38. The van der Waals surface area contributed by atoms with Crippen LogP contribution in [0.2, 0.25) is 0 Å². The number of hydrogen-bond donors (Lipinski definition) is 1. The van der Waals surface area contributed by atoms with Crippen molar-refractivity contribution in [3.63, 3.8) is 0 Å². The summed E-state index contributed by atoms with van der Waals surface area (Å²) in [7, 11) is 1.63. The quantitative estimate of drug-likeness (QED) is 0.272. The topological polar surface area (TPSA) is 87.7 Å². The van der Waals surface area contributed by atoms with Gasteiger partial charge in [-0.2, -0.15) is 5.10 Å². The van der Waals surface area contributed by atoms with Gasteiger partial charge in [0.1, 0.15) is 5.75 Å². The van der Waals surface area contributed by atoms with Crippen LogP contribution in [0.5, 0.6) is 5.75 Å². The Hall–Kier alpha value is -4.17. The van der Waals surface area contributed by atoms with E-state index in [0.717, 1.165) is 33.7 Å². The Bertz CT molecular complexity index is 1480. The summed E-state index contributed by atoms with van der Waals surface area (Å²) in [4.78, 5) is 33.0. The normalized spacial score (nSPS) is 14.9. The van der Waals surface area contributed by atoms with Crippen LogP contribution in [-0.2, 0) is 4.79 Å². The molecule has 0 saturated carbocycles. The van der Waals surface area contributed by atoms with E-state index in [-0.39, 0.29) is 23.3 Å². The number of methoxy groups -OCH3 is 1. The van der Waals surface area contributed by atoms with Crippen LogP contribution in [0.3, 0.4) is 0 Å². The molecule has 8 heteroatoms. The van der Waals surface area contributed by atoms with Crippen LogP contribution in [0.4, 0.5) is 0 Å². The molecule has 0 radical (unpaired) electrons. The number of amides is 1. The van der Waals surface area contributed by atoms with Gasteiger partial charge in [0.2, 0.25) is 0 Å². The van der Waals surface area contributed by atoms with Crippen molar-refractivity contribution >= 4 is 23.4 Å². The molecule has 186 valence electrons. The molecule has 1 aliphatic heterocycles. The summed E-state index contributed by atoms with van der Waals surface area (Å²) in [5, 5.41) is 6.70. The van der Waals surface area contributed by atoms with E-state index in [4.69, 9.17) is 9.84 Å². The SMILES string of the molecule is COc1ccc(C2=NN(C(=O)CSc3nc(-c4ccccc4)cc(=O)[nH]3)C(c3ccc(C)cc3)C2)cc1. The van der Waals surface area contributed by atoms with E-state index in [1.54, 1.807) is 12.1 Å². The monoisotopic (exact) mass is 510 g/mol. The number of ether oxygens (including phenoxy) is 1. The second-order valence-electron chi connectivity index (χ2n) is 8.73. The highest BCUT2D eigenvalue weighted by atomic mass is 32.2. The number of aryl methyl sites for hydroxylation is 1. The molecule has 0 aliphatic carbocycles. The van der Waals surface area contributed by atoms with Crippen molar-refractivity contribution < 1.29 is 9.53 Å². The van der Waals surface area contributed by atoms with Crippen LogP contribution in [0, 0.1) is 6.92 Å². The average Bonchev–Trinajstić information content (AvgIpc) is 3.38. The third-order valence-corrected chi connectivity index (χ3v) is 7.03. The molecule has 3 aromatic carbocycles. The van der Waals surface area contributed by atoms with E-state index in [1.807, 2.05) is 85.8 Å². The first-order chi connectivity index (χ1) is 18.0. The number of carbonyl (C=O) groups is 1. The summed E-state index contributed by atoms with van der Waals surface area (Å²) in [5.74, 6) is 0.691. The van der Waals surface area contributed by atoms with E-state index in [2.05, 4.69) is 9.97 Å². The van der Waals surface area contributed by atoms with E-state index >= 15 is 0 Å². The van der Waals surface area contributed by atoms with Gasteiger partial charge in [0.15, 0.2) is 5.16 Å². The fourth-order valence-electron chi connectivity index (χ4n) is 4.20. The highest BCUT2D eigenvalue weighted by Crippen LogP contribution is 2.34. The number of aromatic amines is 1. The minimum atomic E-state index is -0.262. The summed E-state index contributed by atoms with van der Waals surface area (Å²) in [5.41, 5.74) is 5.11. The lowest BCUT2D eigenvalue weighted by Gasteiger charge is -2.22. The first-order valence-corrected chi connectivity index (χ1v) is 12.9. The first kappa shape index (κ1) is 24.5. The van der Waals surface area contributed by atoms with Gasteiger partial charge in [-0.05, 0) is 42.3 Å². The van der Waals surface area contributed by atoms with Crippen LogP contribution < -0.4 is 10.3 Å². The van der Waals surface area contributed by atoms with Gasteiger partial charge in [-0.3, -0.25) is 9.59 Å². The maximum absolute atomic E-state index is 13.4. The van der Waals surface area contributed by atoms with Crippen molar-refractivity contribution in [1.82, 2.24) is 15.0 Å². The van der Waals surface area contributed by atoms with Crippen LogP contribution >= 0.6 is 11.8 Å². The molecule has 2 heterocycles. The van der Waals surface area contributed by atoms with Gasteiger partial charge in [-0.25, -0.2) is 9.99 Å². The van der Waals surface area contributed by atoms with Crippen molar-refractivity contribution in [1.29, 1.82) is 0 Å². The standard InChI is InChI=1S/C29H26N4O3S/c1-19-8-10-22(11-9-19)26-16-25(21-12-14-23(36-2)15-13-21)32-33(26)28(35)18-37-29-30-24(17-27(34)31-29)20-6-4-3-5-7-20/h3-15,17,26H,16,18H2,1-2H3,(H,30,31,34). The number of nitrogens with zero attached hydrogens (tertiary/aromatic N) is 3. The highest BCUT2D eigenvalue weighted by molar-refractivity contribution is 7.99. The molecular weight excluding hydrogens is 484 g/mol. The molecule has 0 saturated heterocycles. The molecule has 1 amide bonds. The van der Waals surface area contributed by atoms with Gasteiger partial charge in [0.05, 0.1) is 30.3 Å². The van der Waals surface area contributed by atoms with E-state index in [9.17, 15) is 9.59 Å². The predicted octanol–water partition coefficient (Wildman–Crippen LogP) is 5.22. The number of thioether (sulfide) groups is 1. The summed E-state index contributed by atoms with van der Waals surface area (Å²) < 4.78 is 5.27. The van der Waals surface area contributed by atoms with Crippen molar-refractivity contribution in [3.05, 3.63) is 112 Å². The molecule has 1 atom stereocenters. The van der Waals surface area contributed by atoms with Crippen LogP contribution in [0.15, 0.2) is 100.0 Å². The molecule has 1 aliphatic rings. The first-order valence-electron chi connectivity index (χ1n) is 11.9. The average molecular weight is 511 g/mol. The van der Waals surface area contributed by atoms with Gasteiger partial charge >= 0.3 is 0 Å². The van der Waals surface area contributed by atoms with Gasteiger partial charge in [-0.15, -0.1) is 0 Å². The molecule has 0 bridgehead atoms. The number of nitrogens with one attached hydrogen (secondary N) is 1. The zero-order valence-corrected chi connectivity index (χ0v) is 21.4. The smallest absolute Gasteiger partial charge is 0.253 e. The van der Waals surface area contributed by atoms with Crippen LogP contribution in [0.1, 0.15) is 29.2 Å². The fourth-order valence-corrected chi connectivity index (χ4v) is 4.93. The Morgan fingerprint density at radius 3 is 2.46 bits per heavy atom. The second-order valence-corrected chi connectivity index (χ2v) is 9.70. The lowest BCUT2D eigenvalue weighted by molar-refractivity contribution is -0.130. The van der Waals surface area contributed by atoms with Crippen molar-refractivity contribution in [3.8, 4) is 17.0 Å². The maximum atomic E-state index is 13.4. The number of aromatic nitrogens is 2. The Labute approximate surface area is 219 Å². The number of H-pyrrole nitrogens is 1. The van der Waals surface area contributed by atoms with Crippen LogP contribution in [0.25, 0.3) is 11.3 Å². The molecule has 5 rings (SSSR count). The van der Waals surface area contributed by atoms with Gasteiger partial charge in [-0.1, -0.05) is 71.9 Å². The van der Waals surface area contributed by atoms with Gasteiger partial charge in [0, 0.05) is 18.1 Å². The molecule has 1 unspecified atom stereocenters. The van der Waals surface area contributed by atoms with E-state index in [0.29, 0.717) is 17.3 Å². The largest absolute Gasteiger partial charge is 0.497 e. The Kier molecular flexibility index (Phi) is 7.18. The Morgan fingerprint density at radius 1 is 1.03 bits per heavy atom. The summed E-state index contributed by atoms with van der Waals surface area (Å²) >= 11 is 1.20. The van der Waals surface area contributed by atoms with Crippen LogP contribution in [-0.4, -0.2) is 39.5 Å². The number of hydrogen-bond acceptors (Lipinski definition) is 6. The molecule has 7 nitrogen and oxygen atoms in total. The molecule has 37 heavy (non-hydrogen) atoms. The highest BCUT2D eigenvalue weighted by Gasteiger charge is 2.33. The molecular formula is C29H26N4O3S. The number of benzene rings is 3. The van der Waals surface area contributed by atoms with E-state index < -0.39 is 0 Å². The molecule has 1 aromatic heterocycles. The number of hydrazone groups is 1. The van der Waals surface area contributed by atoms with Crippen molar-refractivity contribution in [2.75, 3.05) is 12.9 Å². The lowest BCUT2D eigenvalue weighted by Crippen LogP contribution is -2.28. The van der Waals surface area contributed by atoms with Gasteiger partial charge in [0.25, 0.3) is 11.5 Å². The van der Waals surface area contributed by atoms with E-state index in [1.165, 1.54) is 17.8 Å². The fraction of sp³-hybridized carbons (Fsp3) is 0.172. The third-order valence-electron chi connectivity index (χ3n) is 6.17. The molecule has 0 fully saturated rings. The van der Waals surface area contributed by atoms with Crippen molar-refractivity contribution in [2.45, 2.75) is 24.5 Å². The summed E-state index contributed by atoms with van der Waals surface area (Å²) in [6.07, 6.45) is 0.602. The zero-order valence-electron chi connectivity index (χ0n) is 20.5. The predicted molar refractivity (Wildman–Crippen MR) is 146 cm³/mol. The molecule has 4 aromatic rings. The maximum Gasteiger partial charge on any atom is 0.253 e. The number of carbonyl (C=O) groups excluding carboxylic acids is 1. The lowest BCUT2D eigenvalue weighted by atomic mass is 9.97. The van der Waals surface area contributed by atoms with Crippen molar-refractivity contribution in [2.24, 2.45) is 5.10 Å². The summed E-state index contributed by atoms with van der Waals surface area (Å²) in [6, 6.07) is 26.6. The molecule has 1 N–H and O–H groups in total. The molecule has 0 spiro atoms. The zero-order chi connectivity index (χ0) is 25.8.